The molecule has 0 radical (unpaired) electrons. The predicted molar refractivity (Wildman–Crippen MR) is 82.6 cm³/mol. The van der Waals surface area contributed by atoms with Gasteiger partial charge in [0.25, 0.3) is 0 Å². The molecule has 0 aromatic rings. The van der Waals surface area contributed by atoms with Gasteiger partial charge >= 0.3 is 5.97 Å². The Bertz CT molecular complexity index is 340. The molecule has 2 heteroatoms. The number of carboxylic acid groups (broad SMARTS) is 1. The van der Waals surface area contributed by atoms with Crippen LogP contribution >= 0.6 is 0 Å². The Kier molecular flexibility index (Phi) is 5.68. The van der Waals surface area contributed by atoms with E-state index in [0.29, 0.717) is 11.5 Å². The second kappa shape index (κ2) is 7.28. The number of carboxylic acids is 1. The molecule has 2 saturated carbocycles. The van der Waals surface area contributed by atoms with Gasteiger partial charge in [-0.1, -0.05) is 44.1 Å². The Labute approximate surface area is 123 Å². The van der Waals surface area contributed by atoms with Gasteiger partial charge in [-0.25, -0.2) is 4.79 Å². The van der Waals surface area contributed by atoms with Crippen molar-refractivity contribution in [3.63, 3.8) is 0 Å². The molecule has 2 aliphatic rings. The number of hydrogen-bond donors (Lipinski definition) is 1. The largest absolute Gasteiger partial charge is 0.478 e. The van der Waals surface area contributed by atoms with Gasteiger partial charge in [0.2, 0.25) is 0 Å². The monoisotopic (exact) mass is 278 g/mol. The van der Waals surface area contributed by atoms with Crippen molar-refractivity contribution in [2.24, 2.45) is 17.8 Å². The molecule has 0 atom stereocenters. The van der Waals surface area contributed by atoms with Crippen LogP contribution in [0.2, 0.25) is 0 Å². The topological polar surface area (TPSA) is 37.3 Å². The fraction of sp³-hybridized carbons (Fsp3) is 0.833. The minimum Gasteiger partial charge on any atom is -0.478 e. The Balaban J connectivity index is 2.22. The van der Waals surface area contributed by atoms with Crippen molar-refractivity contribution < 1.29 is 9.90 Å². The molecule has 0 aromatic heterocycles. The third-order valence-corrected chi connectivity index (χ3v) is 5.73. The molecule has 0 amide bonds. The van der Waals surface area contributed by atoms with Gasteiger partial charge in [0.15, 0.2) is 0 Å². The normalized spacial score (nSPS) is 23.8. The second-order valence-electron chi connectivity index (χ2n) is 6.94. The van der Waals surface area contributed by atoms with E-state index < -0.39 is 5.97 Å². The number of carbonyl (C=O) groups is 1. The lowest BCUT2D eigenvalue weighted by atomic mass is 9.66. The van der Waals surface area contributed by atoms with Crippen molar-refractivity contribution in [2.75, 3.05) is 0 Å². The van der Waals surface area contributed by atoms with Crippen LogP contribution in [0.5, 0.6) is 0 Å². The van der Waals surface area contributed by atoms with Crippen LogP contribution < -0.4 is 0 Å². The summed E-state index contributed by atoms with van der Waals surface area (Å²) < 4.78 is 0. The van der Waals surface area contributed by atoms with Crippen molar-refractivity contribution in [3.8, 4) is 0 Å². The van der Waals surface area contributed by atoms with Gasteiger partial charge in [0.1, 0.15) is 0 Å². The van der Waals surface area contributed by atoms with Crippen molar-refractivity contribution in [1.29, 1.82) is 0 Å². The van der Waals surface area contributed by atoms with E-state index >= 15 is 0 Å². The van der Waals surface area contributed by atoms with Gasteiger partial charge in [0, 0.05) is 5.57 Å². The molecular formula is C18H30O2. The first kappa shape index (κ1) is 15.6. The maximum Gasteiger partial charge on any atom is 0.331 e. The lowest BCUT2D eigenvalue weighted by Crippen LogP contribution is -2.29. The van der Waals surface area contributed by atoms with E-state index in [1.54, 1.807) is 6.92 Å². The summed E-state index contributed by atoms with van der Waals surface area (Å²) >= 11 is 0. The zero-order chi connectivity index (χ0) is 14.5. The summed E-state index contributed by atoms with van der Waals surface area (Å²) in [5.74, 6) is 1.29. The van der Waals surface area contributed by atoms with Gasteiger partial charge in [0.05, 0.1) is 0 Å². The highest BCUT2D eigenvalue weighted by Gasteiger charge is 2.33. The van der Waals surface area contributed by atoms with E-state index in [4.69, 9.17) is 0 Å². The van der Waals surface area contributed by atoms with E-state index in [1.165, 1.54) is 69.8 Å². The maximum absolute atomic E-state index is 11.4. The van der Waals surface area contributed by atoms with Crippen LogP contribution in [0.25, 0.3) is 0 Å². The standard InChI is InChI=1S/C18H30O2/c1-13(14(2)18(19)20)17(15-9-5-3-6-10-15)16-11-7-4-8-12-16/h15-17H,3-12H2,1-2H3,(H,19,20). The van der Waals surface area contributed by atoms with Gasteiger partial charge in [-0.05, 0) is 57.3 Å². The average molecular weight is 278 g/mol. The van der Waals surface area contributed by atoms with Crippen LogP contribution in [-0.4, -0.2) is 11.1 Å². The quantitative estimate of drug-likeness (QED) is 0.719. The lowest BCUT2D eigenvalue weighted by molar-refractivity contribution is -0.132. The van der Waals surface area contributed by atoms with Gasteiger partial charge in [-0.15, -0.1) is 0 Å². The van der Waals surface area contributed by atoms with Gasteiger partial charge in [-0.2, -0.15) is 0 Å². The Morgan fingerprint density at radius 3 is 1.60 bits per heavy atom. The maximum atomic E-state index is 11.4. The number of hydrogen-bond acceptors (Lipinski definition) is 1. The van der Waals surface area contributed by atoms with Gasteiger partial charge < -0.3 is 5.11 Å². The van der Waals surface area contributed by atoms with Crippen LogP contribution in [0, 0.1) is 17.8 Å². The van der Waals surface area contributed by atoms with Crippen molar-refractivity contribution >= 4 is 5.97 Å². The second-order valence-corrected chi connectivity index (χ2v) is 6.94. The third kappa shape index (κ3) is 3.65. The van der Waals surface area contributed by atoms with E-state index in [9.17, 15) is 9.90 Å². The van der Waals surface area contributed by atoms with Crippen LogP contribution in [0.1, 0.15) is 78.1 Å². The first-order chi connectivity index (χ1) is 9.61. The van der Waals surface area contributed by atoms with Crippen LogP contribution in [0.3, 0.4) is 0 Å². The highest BCUT2D eigenvalue weighted by atomic mass is 16.4. The summed E-state index contributed by atoms with van der Waals surface area (Å²) in [7, 11) is 0. The molecule has 0 saturated heterocycles. The molecule has 2 rings (SSSR count). The van der Waals surface area contributed by atoms with Gasteiger partial charge in [-0.3, -0.25) is 0 Å². The molecule has 114 valence electrons. The van der Waals surface area contributed by atoms with E-state index in [1.807, 2.05) is 0 Å². The molecule has 20 heavy (non-hydrogen) atoms. The highest BCUT2D eigenvalue weighted by Crippen LogP contribution is 2.44. The number of allylic oxidation sites excluding steroid dienone is 1. The molecule has 2 aliphatic carbocycles. The van der Waals surface area contributed by atoms with Crippen molar-refractivity contribution in [3.05, 3.63) is 11.1 Å². The van der Waals surface area contributed by atoms with E-state index in [2.05, 4.69) is 6.92 Å². The first-order valence-electron chi connectivity index (χ1n) is 8.52. The SMILES string of the molecule is CC(C(=O)O)=C(C)C(C1CCCCC1)C1CCCCC1. The molecular weight excluding hydrogens is 248 g/mol. The fourth-order valence-electron chi connectivity index (χ4n) is 4.50. The first-order valence-corrected chi connectivity index (χ1v) is 8.52. The molecule has 0 bridgehead atoms. The summed E-state index contributed by atoms with van der Waals surface area (Å²) in [6.07, 6.45) is 13.3. The molecule has 2 fully saturated rings. The van der Waals surface area contributed by atoms with E-state index in [-0.39, 0.29) is 0 Å². The van der Waals surface area contributed by atoms with Crippen LogP contribution in [0.15, 0.2) is 11.1 Å². The summed E-state index contributed by atoms with van der Waals surface area (Å²) in [6, 6.07) is 0. The lowest BCUT2D eigenvalue weighted by Gasteiger charge is -2.39. The molecule has 0 spiro atoms. The Morgan fingerprint density at radius 1 is 0.850 bits per heavy atom. The third-order valence-electron chi connectivity index (χ3n) is 5.73. The highest BCUT2D eigenvalue weighted by molar-refractivity contribution is 5.86. The minimum atomic E-state index is -0.723. The molecule has 0 aromatic carbocycles. The minimum absolute atomic E-state index is 0.534. The average Bonchev–Trinajstić information content (AvgIpc) is 2.48. The van der Waals surface area contributed by atoms with Crippen LogP contribution in [-0.2, 0) is 4.79 Å². The summed E-state index contributed by atoms with van der Waals surface area (Å²) in [4.78, 5) is 11.4. The summed E-state index contributed by atoms with van der Waals surface area (Å²) in [5, 5.41) is 9.34. The Hall–Kier alpha value is -0.790. The zero-order valence-corrected chi connectivity index (χ0v) is 13.2. The number of rotatable bonds is 4. The molecule has 0 heterocycles. The summed E-state index contributed by atoms with van der Waals surface area (Å²) in [6.45, 7) is 3.90. The fourth-order valence-corrected chi connectivity index (χ4v) is 4.50. The molecule has 0 aliphatic heterocycles. The molecule has 0 unspecified atom stereocenters. The zero-order valence-electron chi connectivity index (χ0n) is 13.2. The Morgan fingerprint density at radius 2 is 1.25 bits per heavy atom. The van der Waals surface area contributed by atoms with Crippen molar-refractivity contribution in [2.45, 2.75) is 78.1 Å². The van der Waals surface area contributed by atoms with E-state index in [0.717, 1.165) is 11.8 Å². The van der Waals surface area contributed by atoms with Crippen molar-refractivity contribution in [1.82, 2.24) is 0 Å². The van der Waals surface area contributed by atoms with Crippen LogP contribution in [0.4, 0.5) is 0 Å². The number of aliphatic carboxylic acids is 1. The molecule has 1 N–H and O–H groups in total. The predicted octanol–water partition coefficient (Wildman–Crippen LogP) is 5.18. The smallest absolute Gasteiger partial charge is 0.331 e. The summed E-state index contributed by atoms with van der Waals surface area (Å²) in [5.41, 5.74) is 1.78. The molecule has 2 nitrogen and oxygen atoms in total.